The molecule has 0 radical (unpaired) electrons. The van der Waals surface area contributed by atoms with Crippen LogP contribution in [0.2, 0.25) is 0 Å². The second-order valence-electron chi connectivity index (χ2n) is 5.48. The second-order valence-corrected chi connectivity index (χ2v) is 5.48. The van der Waals surface area contributed by atoms with Crippen molar-refractivity contribution < 1.29 is 9.90 Å². The van der Waals surface area contributed by atoms with E-state index in [0.29, 0.717) is 24.2 Å². The summed E-state index contributed by atoms with van der Waals surface area (Å²) in [4.78, 5) is 10.8. The van der Waals surface area contributed by atoms with Crippen LogP contribution in [0.15, 0.2) is 0 Å². The Kier molecular flexibility index (Phi) is 3.23. The number of carboxylic acid groups (broad SMARTS) is 1. The van der Waals surface area contributed by atoms with Crippen molar-refractivity contribution >= 4 is 5.97 Å². The minimum atomic E-state index is -0.649. The summed E-state index contributed by atoms with van der Waals surface area (Å²) in [7, 11) is 0. The molecule has 0 bridgehead atoms. The minimum Gasteiger partial charge on any atom is -0.481 e. The summed E-state index contributed by atoms with van der Waals surface area (Å²) in [5.74, 6) is 0.883. The molecule has 1 aliphatic rings. The van der Waals surface area contributed by atoms with Crippen molar-refractivity contribution in [1.29, 1.82) is 0 Å². The van der Waals surface area contributed by atoms with Gasteiger partial charge in [-0.2, -0.15) is 0 Å². The first-order valence-corrected chi connectivity index (χ1v) is 5.57. The standard InChI is InChI=1S/C12H22O2/c1-8-5-6-9(2)12(3,4)10(8)7-11(13)14/h8-10H,5-7H2,1-4H3,(H,13,14). The lowest BCUT2D eigenvalue weighted by atomic mass is 9.58. The zero-order chi connectivity index (χ0) is 10.9. The summed E-state index contributed by atoms with van der Waals surface area (Å²) < 4.78 is 0. The zero-order valence-electron chi connectivity index (χ0n) is 9.71. The predicted octanol–water partition coefficient (Wildman–Crippen LogP) is 3.17. The largest absolute Gasteiger partial charge is 0.481 e. The first-order valence-electron chi connectivity index (χ1n) is 5.57. The van der Waals surface area contributed by atoms with Crippen molar-refractivity contribution in [3.63, 3.8) is 0 Å². The number of hydrogen-bond donors (Lipinski definition) is 1. The van der Waals surface area contributed by atoms with Gasteiger partial charge in [0.25, 0.3) is 0 Å². The van der Waals surface area contributed by atoms with E-state index in [-0.39, 0.29) is 5.41 Å². The first-order chi connectivity index (χ1) is 6.35. The highest BCUT2D eigenvalue weighted by molar-refractivity contribution is 5.67. The molecule has 0 saturated heterocycles. The average Bonchev–Trinajstić information content (AvgIpc) is 2.06. The average molecular weight is 198 g/mol. The number of hydrogen-bond acceptors (Lipinski definition) is 1. The van der Waals surface area contributed by atoms with Gasteiger partial charge in [0.15, 0.2) is 0 Å². The van der Waals surface area contributed by atoms with Crippen molar-refractivity contribution in [2.45, 2.75) is 47.0 Å². The Balaban J connectivity index is 2.79. The lowest BCUT2D eigenvalue weighted by Gasteiger charge is -2.47. The van der Waals surface area contributed by atoms with Crippen LogP contribution in [0.25, 0.3) is 0 Å². The third-order valence-corrected chi connectivity index (χ3v) is 4.36. The highest BCUT2D eigenvalue weighted by atomic mass is 16.4. The van der Waals surface area contributed by atoms with Gasteiger partial charge in [0.05, 0.1) is 0 Å². The topological polar surface area (TPSA) is 37.3 Å². The van der Waals surface area contributed by atoms with Gasteiger partial charge in [-0.3, -0.25) is 4.79 Å². The predicted molar refractivity (Wildman–Crippen MR) is 57.1 cm³/mol. The molecule has 0 amide bonds. The van der Waals surface area contributed by atoms with Crippen LogP contribution >= 0.6 is 0 Å². The van der Waals surface area contributed by atoms with Crippen molar-refractivity contribution in [3.05, 3.63) is 0 Å². The maximum atomic E-state index is 10.8. The Labute approximate surface area is 86.7 Å². The van der Waals surface area contributed by atoms with Crippen LogP contribution in [0.5, 0.6) is 0 Å². The molecular formula is C12H22O2. The molecule has 2 heteroatoms. The number of rotatable bonds is 2. The summed E-state index contributed by atoms with van der Waals surface area (Å²) in [5, 5.41) is 8.90. The number of aliphatic carboxylic acids is 1. The summed E-state index contributed by atoms with van der Waals surface area (Å²) in [6.07, 6.45) is 2.76. The molecule has 82 valence electrons. The van der Waals surface area contributed by atoms with Crippen molar-refractivity contribution in [1.82, 2.24) is 0 Å². The van der Waals surface area contributed by atoms with Crippen LogP contribution in [0.3, 0.4) is 0 Å². The van der Waals surface area contributed by atoms with Crippen molar-refractivity contribution in [3.8, 4) is 0 Å². The van der Waals surface area contributed by atoms with Gasteiger partial charge in [0.1, 0.15) is 0 Å². The molecule has 1 N–H and O–H groups in total. The molecular weight excluding hydrogens is 176 g/mol. The normalized spacial score (nSPS) is 36.7. The lowest BCUT2D eigenvalue weighted by molar-refractivity contribution is -0.141. The maximum Gasteiger partial charge on any atom is 0.303 e. The Hall–Kier alpha value is -0.530. The van der Waals surface area contributed by atoms with Crippen LogP contribution in [0, 0.1) is 23.2 Å². The molecule has 3 atom stereocenters. The Morgan fingerprint density at radius 2 is 1.93 bits per heavy atom. The van der Waals surface area contributed by atoms with Gasteiger partial charge in [0, 0.05) is 6.42 Å². The minimum absolute atomic E-state index is 0.177. The molecule has 0 heterocycles. The van der Waals surface area contributed by atoms with Crippen LogP contribution in [-0.4, -0.2) is 11.1 Å². The lowest BCUT2D eigenvalue weighted by Crippen LogP contribution is -2.40. The van der Waals surface area contributed by atoms with Gasteiger partial charge in [-0.1, -0.05) is 34.1 Å². The van der Waals surface area contributed by atoms with E-state index in [0.717, 1.165) is 0 Å². The fourth-order valence-corrected chi connectivity index (χ4v) is 2.84. The van der Waals surface area contributed by atoms with E-state index in [1.165, 1.54) is 12.8 Å². The van der Waals surface area contributed by atoms with Gasteiger partial charge >= 0.3 is 5.97 Å². The number of carboxylic acids is 1. The van der Waals surface area contributed by atoms with E-state index in [1.807, 2.05) is 0 Å². The first kappa shape index (κ1) is 11.5. The van der Waals surface area contributed by atoms with Crippen LogP contribution in [0.4, 0.5) is 0 Å². The zero-order valence-corrected chi connectivity index (χ0v) is 9.71. The molecule has 14 heavy (non-hydrogen) atoms. The smallest absolute Gasteiger partial charge is 0.303 e. The molecule has 3 unspecified atom stereocenters. The quantitative estimate of drug-likeness (QED) is 0.740. The highest BCUT2D eigenvalue weighted by Gasteiger charge is 2.42. The van der Waals surface area contributed by atoms with E-state index >= 15 is 0 Å². The van der Waals surface area contributed by atoms with Gasteiger partial charge in [-0.25, -0.2) is 0 Å². The summed E-state index contributed by atoms with van der Waals surface area (Å²) >= 11 is 0. The summed E-state index contributed by atoms with van der Waals surface area (Å²) in [6.45, 7) is 8.89. The Bertz CT molecular complexity index is 220. The molecule has 1 saturated carbocycles. The van der Waals surface area contributed by atoms with Crippen molar-refractivity contribution in [2.24, 2.45) is 23.2 Å². The van der Waals surface area contributed by atoms with Crippen molar-refractivity contribution in [2.75, 3.05) is 0 Å². The summed E-state index contributed by atoms with van der Waals surface area (Å²) in [5.41, 5.74) is 0.177. The molecule has 0 aromatic rings. The van der Waals surface area contributed by atoms with E-state index < -0.39 is 5.97 Å². The van der Waals surface area contributed by atoms with Crippen LogP contribution in [-0.2, 0) is 4.79 Å². The number of carbonyl (C=O) groups is 1. The second kappa shape index (κ2) is 3.92. The highest BCUT2D eigenvalue weighted by Crippen LogP contribution is 2.48. The molecule has 2 nitrogen and oxygen atoms in total. The van der Waals surface area contributed by atoms with E-state index in [4.69, 9.17) is 5.11 Å². The molecule has 0 aliphatic heterocycles. The third-order valence-electron chi connectivity index (χ3n) is 4.36. The summed E-state index contributed by atoms with van der Waals surface area (Å²) in [6, 6.07) is 0. The van der Waals surface area contributed by atoms with Gasteiger partial charge in [-0.05, 0) is 29.6 Å². The fourth-order valence-electron chi connectivity index (χ4n) is 2.84. The van der Waals surface area contributed by atoms with E-state index in [1.54, 1.807) is 0 Å². The van der Waals surface area contributed by atoms with Gasteiger partial charge < -0.3 is 5.11 Å². The fraction of sp³-hybridized carbons (Fsp3) is 0.917. The Morgan fingerprint density at radius 3 is 2.43 bits per heavy atom. The Morgan fingerprint density at radius 1 is 1.36 bits per heavy atom. The molecule has 0 spiro atoms. The van der Waals surface area contributed by atoms with E-state index in [9.17, 15) is 4.79 Å². The molecule has 1 rings (SSSR count). The molecule has 1 fully saturated rings. The molecule has 1 aliphatic carbocycles. The molecule has 0 aromatic heterocycles. The maximum absolute atomic E-state index is 10.8. The van der Waals surface area contributed by atoms with Gasteiger partial charge in [-0.15, -0.1) is 0 Å². The van der Waals surface area contributed by atoms with Crippen LogP contribution in [0.1, 0.15) is 47.0 Å². The molecule has 0 aromatic carbocycles. The third kappa shape index (κ3) is 2.10. The monoisotopic (exact) mass is 198 g/mol. The van der Waals surface area contributed by atoms with Gasteiger partial charge in [0.2, 0.25) is 0 Å². The SMILES string of the molecule is CC1CCC(C)C(C)(C)C1CC(=O)O. The van der Waals surface area contributed by atoms with E-state index in [2.05, 4.69) is 27.7 Å². The van der Waals surface area contributed by atoms with Crippen LogP contribution < -0.4 is 0 Å².